The van der Waals surface area contributed by atoms with Crippen molar-refractivity contribution < 1.29 is 22.8 Å². The number of amides is 2. The van der Waals surface area contributed by atoms with Gasteiger partial charge in [0.25, 0.3) is 5.91 Å². The minimum Gasteiger partial charge on any atom is -0.353 e. The zero-order chi connectivity index (χ0) is 24.7. The number of alkyl halides is 3. The highest BCUT2D eigenvalue weighted by atomic mass is 19.4. The minimum atomic E-state index is -4.61. The second-order valence-electron chi connectivity index (χ2n) is 8.78. The number of pyridine rings is 1. The molecule has 0 saturated carbocycles. The third kappa shape index (κ3) is 7.28. The van der Waals surface area contributed by atoms with Crippen molar-refractivity contribution in [2.24, 2.45) is 5.92 Å². The van der Waals surface area contributed by atoms with Gasteiger partial charge in [0.05, 0.1) is 0 Å². The summed E-state index contributed by atoms with van der Waals surface area (Å²) in [6.45, 7) is 6.38. The van der Waals surface area contributed by atoms with Gasteiger partial charge in [-0.2, -0.15) is 13.2 Å². The number of anilines is 1. The minimum absolute atomic E-state index is 0.0181. The molecule has 2 amide bonds. The van der Waals surface area contributed by atoms with E-state index < -0.39 is 17.8 Å². The van der Waals surface area contributed by atoms with Gasteiger partial charge in [0, 0.05) is 24.2 Å². The third-order valence-electron chi connectivity index (χ3n) is 6.06. The Labute approximate surface area is 197 Å². The number of halogens is 3. The Bertz CT molecular complexity index is 996. The molecule has 6 nitrogen and oxygen atoms in total. The van der Waals surface area contributed by atoms with Gasteiger partial charge < -0.3 is 10.6 Å². The lowest BCUT2D eigenvalue weighted by Gasteiger charge is -2.21. The summed E-state index contributed by atoms with van der Waals surface area (Å²) in [5.74, 6) is -0.554. The molecule has 34 heavy (non-hydrogen) atoms. The van der Waals surface area contributed by atoms with Crippen molar-refractivity contribution in [2.45, 2.75) is 58.3 Å². The second kappa shape index (κ2) is 11.5. The van der Waals surface area contributed by atoms with E-state index in [0.717, 1.165) is 56.5 Å². The van der Waals surface area contributed by atoms with E-state index in [1.807, 2.05) is 26.0 Å². The van der Waals surface area contributed by atoms with Crippen molar-refractivity contribution in [1.29, 1.82) is 0 Å². The van der Waals surface area contributed by atoms with E-state index in [0.29, 0.717) is 12.2 Å². The van der Waals surface area contributed by atoms with Gasteiger partial charge >= 0.3 is 6.18 Å². The number of aromatic nitrogens is 1. The predicted octanol–water partition coefficient (Wildman–Crippen LogP) is 4.87. The lowest BCUT2D eigenvalue weighted by molar-refractivity contribution is -0.141. The van der Waals surface area contributed by atoms with Crippen LogP contribution in [0.25, 0.3) is 0 Å². The van der Waals surface area contributed by atoms with Crippen molar-refractivity contribution >= 4 is 17.5 Å². The van der Waals surface area contributed by atoms with E-state index in [1.54, 1.807) is 12.1 Å². The molecule has 2 unspecified atom stereocenters. The molecule has 2 heterocycles. The first-order valence-corrected chi connectivity index (χ1v) is 11.6. The van der Waals surface area contributed by atoms with Crippen LogP contribution in [0.1, 0.15) is 61.3 Å². The van der Waals surface area contributed by atoms with E-state index in [2.05, 4.69) is 20.5 Å². The monoisotopic (exact) mass is 476 g/mol. The van der Waals surface area contributed by atoms with Gasteiger partial charge in [-0.25, -0.2) is 4.98 Å². The van der Waals surface area contributed by atoms with Crippen molar-refractivity contribution in [3.63, 3.8) is 0 Å². The van der Waals surface area contributed by atoms with E-state index in [4.69, 9.17) is 0 Å². The average molecular weight is 477 g/mol. The summed E-state index contributed by atoms with van der Waals surface area (Å²) in [6, 6.07) is 10.7. The third-order valence-corrected chi connectivity index (χ3v) is 6.06. The Hall–Kier alpha value is -2.94. The summed E-state index contributed by atoms with van der Waals surface area (Å²) >= 11 is 0. The van der Waals surface area contributed by atoms with Crippen molar-refractivity contribution in [3.8, 4) is 0 Å². The van der Waals surface area contributed by atoms with Crippen LogP contribution in [0.3, 0.4) is 0 Å². The summed E-state index contributed by atoms with van der Waals surface area (Å²) in [4.78, 5) is 30.7. The van der Waals surface area contributed by atoms with Crippen LogP contribution in [0.2, 0.25) is 0 Å². The molecule has 2 N–H and O–H groups in total. The zero-order valence-corrected chi connectivity index (χ0v) is 19.5. The Morgan fingerprint density at radius 3 is 2.65 bits per heavy atom. The molecule has 1 aromatic carbocycles. The maximum absolute atomic E-state index is 12.9. The van der Waals surface area contributed by atoms with Gasteiger partial charge in [-0.15, -0.1) is 0 Å². The second-order valence-corrected chi connectivity index (χ2v) is 8.78. The molecule has 0 aliphatic carbocycles. The van der Waals surface area contributed by atoms with Crippen LogP contribution < -0.4 is 10.6 Å². The number of nitrogens with one attached hydrogen (secondary N) is 2. The lowest BCUT2D eigenvalue weighted by atomic mass is 9.99. The fraction of sp³-hybridized carbons (Fsp3) is 0.480. The SMILES string of the molecule is CCC(C)NC(=O)C1CCCN(Cc2cccc(NC(=O)c3cccc(C(F)(F)F)n3)c2)CC1. The molecule has 2 aromatic rings. The van der Waals surface area contributed by atoms with Gasteiger partial charge in [0.2, 0.25) is 5.91 Å². The van der Waals surface area contributed by atoms with Crippen molar-refractivity contribution in [1.82, 2.24) is 15.2 Å². The molecule has 0 bridgehead atoms. The largest absolute Gasteiger partial charge is 0.433 e. The number of carbonyl (C=O) groups is 2. The Kier molecular flexibility index (Phi) is 8.66. The van der Waals surface area contributed by atoms with E-state index in [-0.39, 0.29) is 23.6 Å². The van der Waals surface area contributed by atoms with Crippen LogP contribution in [0, 0.1) is 5.92 Å². The number of hydrogen-bond donors (Lipinski definition) is 2. The summed E-state index contributed by atoms with van der Waals surface area (Å²) in [5, 5.41) is 5.71. The van der Waals surface area contributed by atoms with Crippen molar-refractivity contribution in [3.05, 3.63) is 59.4 Å². The maximum Gasteiger partial charge on any atom is 0.433 e. The highest BCUT2D eigenvalue weighted by molar-refractivity contribution is 6.02. The van der Waals surface area contributed by atoms with Gasteiger partial charge in [0.15, 0.2) is 0 Å². The Balaban J connectivity index is 1.58. The molecule has 3 rings (SSSR count). The van der Waals surface area contributed by atoms with Crippen LogP contribution in [0.4, 0.5) is 18.9 Å². The van der Waals surface area contributed by atoms with Crippen molar-refractivity contribution in [2.75, 3.05) is 18.4 Å². The Morgan fingerprint density at radius 2 is 1.91 bits per heavy atom. The Morgan fingerprint density at radius 1 is 1.15 bits per heavy atom. The molecular formula is C25H31F3N4O2. The molecule has 184 valence electrons. The van der Waals surface area contributed by atoms with Gasteiger partial charge in [-0.3, -0.25) is 14.5 Å². The fourth-order valence-electron chi connectivity index (χ4n) is 3.96. The molecule has 0 radical (unpaired) electrons. The topological polar surface area (TPSA) is 74.3 Å². The first kappa shape index (κ1) is 25.7. The number of carbonyl (C=O) groups excluding carboxylic acids is 2. The first-order chi connectivity index (χ1) is 16.2. The number of benzene rings is 1. The normalized spacial score (nSPS) is 18.1. The highest BCUT2D eigenvalue weighted by Crippen LogP contribution is 2.27. The average Bonchev–Trinajstić information content (AvgIpc) is 3.04. The van der Waals surface area contributed by atoms with Crippen LogP contribution in [0.5, 0.6) is 0 Å². The summed E-state index contributed by atoms with van der Waals surface area (Å²) in [7, 11) is 0. The maximum atomic E-state index is 12.9. The highest BCUT2D eigenvalue weighted by Gasteiger charge is 2.33. The van der Waals surface area contributed by atoms with Gasteiger partial charge in [-0.05, 0) is 75.5 Å². The number of nitrogens with zero attached hydrogens (tertiary/aromatic N) is 2. The molecule has 0 spiro atoms. The van der Waals surface area contributed by atoms with Crippen LogP contribution in [-0.4, -0.2) is 40.8 Å². The molecule has 9 heteroatoms. The molecule has 1 fully saturated rings. The lowest BCUT2D eigenvalue weighted by Crippen LogP contribution is -2.37. The van der Waals surface area contributed by atoms with Crippen LogP contribution >= 0.6 is 0 Å². The summed E-state index contributed by atoms with van der Waals surface area (Å²) in [5.41, 5.74) is 0.0558. The van der Waals surface area contributed by atoms with E-state index >= 15 is 0 Å². The number of likely N-dealkylation sites (tertiary alicyclic amines) is 1. The quantitative estimate of drug-likeness (QED) is 0.598. The predicted molar refractivity (Wildman–Crippen MR) is 124 cm³/mol. The molecule has 1 saturated heterocycles. The first-order valence-electron chi connectivity index (χ1n) is 11.6. The summed E-state index contributed by atoms with van der Waals surface area (Å²) < 4.78 is 38.6. The standard InChI is InChI=1S/C25H31F3N4O2/c1-3-17(2)29-23(33)19-8-6-13-32(14-12-19)16-18-7-4-9-20(15-18)30-24(34)21-10-5-11-22(31-21)25(26,27)28/h4-5,7,9-11,15,17,19H,3,6,8,12-14,16H2,1-2H3,(H,29,33)(H,30,34). The molecule has 1 aliphatic rings. The summed E-state index contributed by atoms with van der Waals surface area (Å²) in [6.07, 6.45) is -1.13. The number of hydrogen-bond acceptors (Lipinski definition) is 4. The van der Waals surface area contributed by atoms with Crippen LogP contribution in [0.15, 0.2) is 42.5 Å². The van der Waals surface area contributed by atoms with E-state index in [1.165, 1.54) is 6.07 Å². The number of rotatable bonds is 7. The molecule has 2 atom stereocenters. The van der Waals surface area contributed by atoms with Gasteiger partial charge in [-0.1, -0.05) is 25.1 Å². The van der Waals surface area contributed by atoms with Gasteiger partial charge in [0.1, 0.15) is 11.4 Å². The zero-order valence-electron chi connectivity index (χ0n) is 19.5. The van der Waals surface area contributed by atoms with E-state index in [9.17, 15) is 22.8 Å². The molecular weight excluding hydrogens is 445 g/mol. The van der Waals surface area contributed by atoms with Crippen LogP contribution in [-0.2, 0) is 17.5 Å². The molecule has 1 aromatic heterocycles. The smallest absolute Gasteiger partial charge is 0.353 e. The fourth-order valence-corrected chi connectivity index (χ4v) is 3.96. The molecule has 1 aliphatic heterocycles.